The Kier molecular flexibility index (Phi) is 3.10. The van der Waals surface area contributed by atoms with Crippen LogP contribution >= 0.6 is 11.6 Å². The van der Waals surface area contributed by atoms with E-state index in [2.05, 4.69) is 4.98 Å². The van der Waals surface area contributed by atoms with Gasteiger partial charge in [0.25, 0.3) is 0 Å². The molecule has 0 saturated heterocycles. The van der Waals surface area contributed by atoms with Crippen LogP contribution in [0, 0.1) is 0 Å². The molecule has 4 heteroatoms. The van der Waals surface area contributed by atoms with Crippen LogP contribution in [0.3, 0.4) is 0 Å². The van der Waals surface area contributed by atoms with Crippen LogP contribution in [-0.2, 0) is 19.3 Å². The van der Waals surface area contributed by atoms with Crippen molar-refractivity contribution >= 4 is 11.6 Å². The molecule has 1 aliphatic carbocycles. The molecule has 1 atom stereocenters. The van der Waals surface area contributed by atoms with Crippen molar-refractivity contribution in [2.75, 3.05) is 0 Å². The highest BCUT2D eigenvalue weighted by Gasteiger charge is 2.21. The Balaban J connectivity index is 1.82. The third kappa shape index (κ3) is 2.42. The number of fused-ring (bicyclic) bond motifs is 1. The lowest BCUT2D eigenvalue weighted by Crippen LogP contribution is -2.27. The van der Waals surface area contributed by atoms with Crippen LogP contribution in [-0.4, -0.2) is 11.0 Å². The van der Waals surface area contributed by atoms with E-state index in [1.54, 1.807) is 0 Å². The summed E-state index contributed by atoms with van der Waals surface area (Å²) in [5.74, 6) is 1.72. The van der Waals surface area contributed by atoms with Gasteiger partial charge in [-0.2, -0.15) is 0 Å². The fourth-order valence-corrected chi connectivity index (χ4v) is 2.56. The first kappa shape index (κ1) is 11.8. The number of benzene rings is 1. The summed E-state index contributed by atoms with van der Waals surface area (Å²) in [5.41, 5.74) is 8.12. The third-order valence-corrected chi connectivity index (χ3v) is 3.50. The Morgan fingerprint density at radius 3 is 3.17 bits per heavy atom. The number of hydrogen-bond donors (Lipinski definition) is 1. The molecule has 0 radical (unpaired) electrons. The molecule has 2 aromatic rings. The van der Waals surface area contributed by atoms with Gasteiger partial charge in [-0.15, -0.1) is 0 Å². The molecular formula is C14H15ClN2O. The quantitative estimate of drug-likeness (QED) is 0.905. The minimum atomic E-state index is 0.212. The van der Waals surface area contributed by atoms with Gasteiger partial charge in [0.2, 0.25) is 0 Å². The monoisotopic (exact) mass is 262 g/mol. The van der Waals surface area contributed by atoms with E-state index in [1.165, 1.54) is 0 Å². The van der Waals surface area contributed by atoms with E-state index in [9.17, 15) is 0 Å². The number of oxazole rings is 1. The summed E-state index contributed by atoms with van der Waals surface area (Å²) in [5, 5.41) is 0.742. The zero-order valence-electron chi connectivity index (χ0n) is 10.0. The van der Waals surface area contributed by atoms with E-state index in [1.807, 2.05) is 24.3 Å². The number of halogens is 1. The zero-order valence-corrected chi connectivity index (χ0v) is 10.8. The smallest absolute Gasteiger partial charge is 0.199 e. The van der Waals surface area contributed by atoms with Gasteiger partial charge in [-0.25, -0.2) is 4.98 Å². The summed E-state index contributed by atoms with van der Waals surface area (Å²) in [6, 6.07) is 7.99. The lowest BCUT2D eigenvalue weighted by atomic mass is 9.98. The fourth-order valence-electron chi connectivity index (χ4n) is 2.35. The predicted molar refractivity (Wildman–Crippen MR) is 70.8 cm³/mol. The molecule has 0 saturated carbocycles. The third-order valence-electron chi connectivity index (χ3n) is 3.27. The molecule has 1 aliphatic rings. The van der Waals surface area contributed by atoms with Gasteiger partial charge >= 0.3 is 0 Å². The molecule has 0 bridgehead atoms. The highest BCUT2D eigenvalue weighted by Crippen LogP contribution is 2.23. The highest BCUT2D eigenvalue weighted by atomic mass is 35.5. The molecule has 1 aromatic heterocycles. The highest BCUT2D eigenvalue weighted by molar-refractivity contribution is 6.30. The lowest BCUT2D eigenvalue weighted by molar-refractivity contribution is 0.427. The Bertz CT molecular complexity index is 565. The molecule has 1 aromatic carbocycles. The van der Waals surface area contributed by atoms with Crippen LogP contribution in [0.5, 0.6) is 0 Å². The van der Waals surface area contributed by atoms with Gasteiger partial charge < -0.3 is 10.2 Å². The van der Waals surface area contributed by atoms with Crippen LogP contribution in [0.4, 0.5) is 0 Å². The zero-order chi connectivity index (χ0) is 12.5. The minimum absolute atomic E-state index is 0.212. The van der Waals surface area contributed by atoms with Crippen molar-refractivity contribution in [2.24, 2.45) is 5.73 Å². The van der Waals surface area contributed by atoms with E-state index >= 15 is 0 Å². The van der Waals surface area contributed by atoms with Gasteiger partial charge in [-0.1, -0.05) is 23.7 Å². The lowest BCUT2D eigenvalue weighted by Gasteiger charge is -2.14. The molecule has 0 spiro atoms. The summed E-state index contributed by atoms with van der Waals surface area (Å²) >= 11 is 5.96. The average Bonchev–Trinajstić information content (AvgIpc) is 2.70. The molecule has 3 rings (SSSR count). The molecule has 0 aliphatic heterocycles. The van der Waals surface area contributed by atoms with Crippen LogP contribution in [0.15, 0.2) is 28.7 Å². The summed E-state index contributed by atoms with van der Waals surface area (Å²) in [6.45, 7) is 0. The molecular weight excluding hydrogens is 248 g/mol. The maximum atomic E-state index is 5.96. The summed E-state index contributed by atoms with van der Waals surface area (Å²) < 4.78 is 5.79. The Morgan fingerprint density at radius 2 is 2.33 bits per heavy atom. The van der Waals surface area contributed by atoms with Crippen LogP contribution in [0.2, 0.25) is 5.02 Å². The standard InChI is InChI=1S/C14H15ClN2O/c15-10-3-1-2-9(6-10)7-14-17-12-5-4-11(16)8-13(12)18-14/h1-3,6,11H,4-5,7-8,16H2. The van der Waals surface area contributed by atoms with Gasteiger partial charge in [0, 0.05) is 23.9 Å². The second-order valence-corrected chi connectivity index (χ2v) is 5.22. The van der Waals surface area contributed by atoms with E-state index in [0.29, 0.717) is 6.42 Å². The van der Waals surface area contributed by atoms with Crippen molar-refractivity contribution in [2.45, 2.75) is 31.7 Å². The predicted octanol–water partition coefficient (Wildman–Crippen LogP) is 2.73. The summed E-state index contributed by atoms with van der Waals surface area (Å²) in [4.78, 5) is 4.54. The second kappa shape index (κ2) is 4.75. The van der Waals surface area contributed by atoms with Gasteiger partial charge in [0.1, 0.15) is 5.76 Å². The number of hydrogen-bond acceptors (Lipinski definition) is 3. The second-order valence-electron chi connectivity index (χ2n) is 4.79. The van der Waals surface area contributed by atoms with Crippen LogP contribution in [0.1, 0.15) is 29.3 Å². The van der Waals surface area contributed by atoms with Crippen molar-refractivity contribution in [3.8, 4) is 0 Å². The first-order chi connectivity index (χ1) is 8.70. The van der Waals surface area contributed by atoms with Gasteiger partial charge in [0.05, 0.1) is 5.69 Å². The molecule has 94 valence electrons. The molecule has 1 heterocycles. The van der Waals surface area contributed by atoms with Gasteiger partial charge in [0.15, 0.2) is 5.89 Å². The SMILES string of the molecule is NC1CCc2nc(Cc3cccc(Cl)c3)oc2C1. The number of nitrogens with zero attached hydrogens (tertiary/aromatic N) is 1. The number of aryl methyl sites for hydroxylation is 1. The normalized spacial score (nSPS) is 18.7. The van der Waals surface area contributed by atoms with Crippen molar-refractivity contribution in [1.82, 2.24) is 4.98 Å². The molecule has 0 amide bonds. The molecule has 0 fully saturated rings. The van der Waals surface area contributed by atoms with Gasteiger partial charge in [-0.3, -0.25) is 0 Å². The van der Waals surface area contributed by atoms with Crippen LogP contribution in [0.25, 0.3) is 0 Å². The number of aromatic nitrogens is 1. The average molecular weight is 263 g/mol. The van der Waals surface area contributed by atoms with Crippen molar-refractivity contribution in [1.29, 1.82) is 0 Å². The van der Waals surface area contributed by atoms with E-state index in [-0.39, 0.29) is 6.04 Å². The van der Waals surface area contributed by atoms with Crippen molar-refractivity contribution in [3.05, 3.63) is 52.2 Å². The minimum Gasteiger partial charge on any atom is -0.445 e. The maximum Gasteiger partial charge on any atom is 0.199 e. The summed E-state index contributed by atoms with van der Waals surface area (Å²) in [7, 11) is 0. The largest absolute Gasteiger partial charge is 0.445 e. The summed E-state index contributed by atoms with van der Waals surface area (Å²) in [6.07, 6.45) is 3.41. The molecule has 1 unspecified atom stereocenters. The first-order valence-corrected chi connectivity index (χ1v) is 6.56. The maximum absolute atomic E-state index is 5.96. The van der Waals surface area contributed by atoms with Gasteiger partial charge in [-0.05, 0) is 30.5 Å². The first-order valence-electron chi connectivity index (χ1n) is 6.18. The Labute approximate surface area is 111 Å². The Morgan fingerprint density at radius 1 is 1.44 bits per heavy atom. The topological polar surface area (TPSA) is 52.0 Å². The van der Waals surface area contributed by atoms with E-state index in [0.717, 1.165) is 47.2 Å². The fraction of sp³-hybridized carbons (Fsp3) is 0.357. The van der Waals surface area contributed by atoms with Crippen LogP contribution < -0.4 is 5.73 Å². The number of nitrogens with two attached hydrogens (primary N) is 1. The number of rotatable bonds is 2. The van der Waals surface area contributed by atoms with Crippen molar-refractivity contribution < 1.29 is 4.42 Å². The van der Waals surface area contributed by atoms with Crippen molar-refractivity contribution in [3.63, 3.8) is 0 Å². The molecule has 2 N–H and O–H groups in total. The molecule has 18 heavy (non-hydrogen) atoms. The molecule has 3 nitrogen and oxygen atoms in total. The van der Waals surface area contributed by atoms with E-state index < -0.39 is 0 Å². The van der Waals surface area contributed by atoms with E-state index in [4.69, 9.17) is 21.8 Å². The Hall–Kier alpha value is -1.32.